The normalized spacial score (nSPS) is 20.6. The van der Waals surface area contributed by atoms with Crippen LogP contribution in [0.4, 0.5) is 0 Å². The van der Waals surface area contributed by atoms with Crippen LogP contribution in [0.25, 0.3) is 0 Å². The Morgan fingerprint density at radius 1 is 0.760 bits per heavy atom. The number of guanidine groups is 1. The van der Waals surface area contributed by atoms with Crippen molar-refractivity contribution in [3.8, 4) is 0 Å². The molecule has 5 heteroatoms. The molecule has 0 bridgehead atoms. The third-order valence-corrected chi connectivity index (χ3v) is 5.34. The van der Waals surface area contributed by atoms with Gasteiger partial charge in [0.15, 0.2) is 5.96 Å². The van der Waals surface area contributed by atoms with E-state index in [4.69, 9.17) is 4.99 Å². The van der Waals surface area contributed by atoms with Gasteiger partial charge in [0.05, 0.1) is 0 Å². The van der Waals surface area contributed by atoms with Crippen molar-refractivity contribution in [1.29, 1.82) is 0 Å². The predicted molar refractivity (Wildman–Crippen MR) is 108 cm³/mol. The maximum absolute atomic E-state index is 4.75. The number of nitrogens with zero attached hydrogens (tertiary/aromatic N) is 3. The first-order valence-corrected chi connectivity index (χ1v) is 10.9. The van der Waals surface area contributed by atoms with Gasteiger partial charge >= 0.3 is 0 Å². The third-order valence-electron chi connectivity index (χ3n) is 5.34. The van der Waals surface area contributed by atoms with Crippen molar-refractivity contribution in [2.45, 2.75) is 64.7 Å². The number of unbranched alkanes of at least 4 members (excludes halogenated alkanes) is 1. The Hall–Kier alpha value is -0.810. The number of hydrogen-bond acceptors (Lipinski definition) is 3. The zero-order chi connectivity index (χ0) is 17.6. The highest BCUT2D eigenvalue weighted by Crippen LogP contribution is 2.10. The molecular formula is C20H41N5. The fourth-order valence-corrected chi connectivity index (χ4v) is 3.86. The summed E-state index contributed by atoms with van der Waals surface area (Å²) >= 11 is 0. The first-order valence-electron chi connectivity index (χ1n) is 10.9. The molecule has 0 amide bonds. The van der Waals surface area contributed by atoms with E-state index in [1.165, 1.54) is 97.1 Å². The zero-order valence-electron chi connectivity index (χ0n) is 16.6. The van der Waals surface area contributed by atoms with Crippen LogP contribution >= 0.6 is 0 Å². The Labute approximate surface area is 155 Å². The van der Waals surface area contributed by atoms with E-state index in [2.05, 4.69) is 27.4 Å². The van der Waals surface area contributed by atoms with Crippen molar-refractivity contribution in [2.24, 2.45) is 4.99 Å². The lowest BCUT2D eigenvalue weighted by molar-refractivity contribution is 0.283. The molecule has 2 N–H and O–H groups in total. The van der Waals surface area contributed by atoms with Gasteiger partial charge in [-0.3, -0.25) is 4.99 Å². The van der Waals surface area contributed by atoms with Crippen LogP contribution in [0.2, 0.25) is 0 Å². The summed E-state index contributed by atoms with van der Waals surface area (Å²) in [5.41, 5.74) is 0. The van der Waals surface area contributed by atoms with Crippen LogP contribution < -0.4 is 10.6 Å². The van der Waals surface area contributed by atoms with E-state index >= 15 is 0 Å². The summed E-state index contributed by atoms with van der Waals surface area (Å²) in [6, 6.07) is 0. The second-order valence-corrected chi connectivity index (χ2v) is 7.55. The van der Waals surface area contributed by atoms with Crippen LogP contribution in [0.15, 0.2) is 4.99 Å². The van der Waals surface area contributed by atoms with Crippen molar-refractivity contribution >= 4 is 5.96 Å². The van der Waals surface area contributed by atoms with Crippen molar-refractivity contribution in [3.63, 3.8) is 0 Å². The average molecular weight is 352 g/mol. The minimum absolute atomic E-state index is 0.930. The summed E-state index contributed by atoms with van der Waals surface area (Å²) in [6.45, 7) is 12.7. The molecule has 2 rings (SSSR count). The minimum Gasteiger partial charge on any atom is -0.357 e. The summed E-state index contributed by atoms with van der Waals surface area (Å²) in [4.78, 5) is 9.98. The SMILES string of the molecule is CCNC(=NCCCN1CCCCCC1)NCCCCN1CCCC1. The van der Waals surface area contributed by atoms with Crippen LogP contribution in [-0.2, 0) is 0 Å². The van der Waals surface area contributed by atoms with Crippen LogP contribution in [-0.4, -0.2) is 74.7 Å². The quantitative estimate of drug-likeness (QED) is 0.361. The van der Waals surface area contributed by atoms with E-state index in [0.717, 1.165) is 25.6 Å². The van der Waals surface area contributed by atoms with Crippen molar-refractivity contribution in [1.82, 2.24) is 20.4 Å². The van der Waals surface area contributed by atoms with E-state index < -0.39 is 0 Å². The van der Waals surface area contributed by atoms with Gasteiger partial charge < -0.3 is 20.4 Å². The first kappa shape index (κ1) is 20.5. The van der Waals surface area contributed by atoms with Crippen molar-refractivity contribution < 1.29 is 0 Å². The maximum atomic E-state index is 4.75. The largest absolute Gasteiger partial charge is 0.357 e. The van der Waals surface area contributed by atoms with Gasteiger partial charge in [0.1, 0.15) is 0 Å². The monoisotopic (exact) mass is 351 g/mol. The van der Waals surface area contributed by atoms with Crippen LogP contribution in [0.5, 0.6) is 0 Å². The fraction of sp³-hybridized carbons (Fsp3) is 0.950. The molecule has 0 aromatic heterocycles. The number of likely N-dealkylation sites (tertiary alicyclic amines) is 2. The highest BCUT2D eigenvalue weighted by Gasteiger charge is 2.10. The second kappa shape index (κ2) is 13.4. The number of nitrogens with one attached hydrogen (secondary N) is 2. The number of rotatable bonds is 10. The smallest absolute Gasteiger partial charge is 0.191 e. The zero-order valence-corrected chi connectivity index (χ0v) is 16.6. The minimum atomic E-state index is 0.930. The molecule has 0 aliphatic carbocycles. The van der Waals surface area contributed by atoms with Gasteiger partial charge in [-0.1, -0.05) is 12.8 Å². The molecule has 0 radical (unpaired) electrons. The Morgan fingerprint density at radius 3 is 2.00 bits per heavy atom. The highest BCUT2D eigenvalue weighted by atomic mass is 15.2. The first-order chi connectivity index (χ1) is 12.4. The summed E-state index contributed by atoms with van der Waals surface area (Å²) in [6.07, 6.45) is 12.1. The Bertz CT molecular complexity index is 344. The van der Waals surface area contributed by atoms with E-state index in [9.17, 15) is 0 Å². The summed E-state index contributed by atoms with van der Waals surface area (Å²) in [5.74, 6) is 1.000. The van der Waals surface area contributed by atoms with Gasteiger partial charge in [0, 0.05) is 19.6 Å². The molecule has 5 nitrogen and oxygen atoms in total. The molecule has 2 aliphatic rings. The van der Waals surface area contributed by atoms with Crippen LogP contribution in [0, 0.1) is 0 Å². The molecule has 2 saturated heterocycles. The molecule has 2 heterocycles. The number of aliphatic imine (C=N–C) groups is 1. The van der Waals surface area contributed by atoms with Gasteiger partial charge in [-0.05, 0) is 91.1 Å². The summed E-state index contributed by atoms with van der Waals surface area (Å²) in [7, 11) is 0. The lowest BCUT2D eigenvalue weighted by atomic mass is 10.2. The summed E-state index contributed by atoms with van der Waals surface area (Å²) in [5, 5.41) is 6.88. The van der Waals surface area contributed by atoms with Gasteiger partial charge in [-0.15, -0.1) is 0 Å². The molecule has 0 aromatic carbocycles. The van der Waals surface area contributed by atoms with Crippen LogP contribution in [0.3, 0.4) is 0 Å². The molecule has 0 saturated carbocycles. The van der Waals surface area contributed by atoms with Crippen molar-refractivity contribution in [2.75, 3.05) is 58.9 Å². The molecule has 0 unspecified atom stereocenters. The molecule has 2 aliphatic heterocycles. The Morgan fingerprint density at radius 2 is 1.36 bits per heavy atom. The van der Waals surface area contributed by atoms with E-state index in [0.29, 0.717) is 0 Å². The lowest BCUT2D eigenvalue weighted by Crippen LogP contribution is -2.38. The molecular weight excluding hydrogens is 310 g/mol. The Kier molecular flexibility index (Phi) is 11.0. The van der Waals surface area contributed by atoms with Gasteiger partial charge in [0.2, 0.25) is 0 Å². The number of hydrogen-bond donors (Lipinski definition) is 2. The highest BCUT2D eigenvalue weighted by molar-refractivity contribution is 5.79. The van der Waals surface area contributed by atoms with Crippen molar-refractivity contribution in [3.05, 3.63) is 0 Å². The standard InChI is InChI=1S/C20H41N5/c1-2-21-20(22-12-5-8-16-24-17-9-10-18-24)23-13-11-19-25-14-6-3-4-7-15-25/h2-19H2,1H3,(H2,21,22,23). The van der Waals surface area contributed by atoms with E-state index in [-0.39, 0.29) is 0 Å². The molecule has 0 atom stereocenters. The predicted octanol–water partition coefficient (Wildman–Crippen LogP) is 2.68. The molecule has 2 fully saturated rings. The van der Waals surface area contributed by atoms with E-state index in [1.807, 2.05) is 0 Å². The maximum Gasteiger partial charge on any atom is 0.191 e. The van der Waals surface area contributed by atoms with Gasteiger partial charge in [0.25, 0.3) is 0 Å². The molecule has 25 heavy (non-hydrogen) atoms. The fourth-order valence-electron chi connectivity index (χ4n) is 3.86. The van der Waals surface area contributed by atoms with Crippen LogP contribution in [0.1, 0.15) is 64.7 Å². The molecule has 0 aromatic rings. The molecule has 146 valence electrons. The lowest BCUT2D eigenvalue weighted by Gasteiger charge is -2.19. The third kappa shape index (κ3) is 9.45. The van der Waals surface area contributed by atoms with E-state index in [1.54, 1.807) is 0 Å². The second-order valence-electron chi connectivity index (χ2n) is 7.55. The molecule has 0 spiro atoms. The Balaban J connectivity index is 1.53. The topological polar surface area (TPSA) is 42.9 Å². The average Bonchev–Trinajstić information content (AvgIpc) is 3.00. The summed E-state index contributed by atoms with van der Waals surface area (Å²) < 4.78 is 0. The van der Waals surface area contributed by atoms with Gasteiger partial charge in [-0.25, -0.2) is 0 Å². The van der Waals surface area contributed by atoms with Gasteiger partial charge in [-0.2, -0.15) is 0 Å².